The van der Waals surface area contributed by atoms with Crippen LogP contribution in [0.5, 0.6) is 6.01 Å². The third-order valence-electron chi connectivity index (χ3n) is 2.43. The topological polar surface area (TPSA) is 61.2 Å². The largest absolute Gasteiger partial charge is 0.468 e. The Kier molecular flexibility index (Phi) is 3.82. The number of methoxy groups -OCH3 is 1. The van der Waals surface area contributed by atoms with Crippen LogP contribution in [-0.2, 0) is 4.79 Å². The molecule has 5 nitrogen and oxygen atoms in total. The van der Waals surface area contributed by atoms with Crippen molar-refractivity contribution in [2.75, 3.05) is 7.11 Å². The van der Waals surface area contributed by atoms with Gasteiger partial charge in [0.15, 0.2) is 5.78 Å². The Labute approximate surface area is 94.1 Å². The van der Waals surface area contributed by atoms with Gasteiger partial charge in [0.1, 0.15) is 0 Å². The van der Waals surface area contributed by atoms with Gasteiger partial charge in [-0.15, -0.1) is 0 Å². The summed E-state index contributed by atoms with van der Waals surface area (Å²) in [6, 6.07) is 1.03. The first kappa shape index (κ1) is 12.4. The first-order valence-electron chi connectivity index (χ1n) is 5.18. The smallest absolute Gasteiger partial charge is 0.299 e. The molecule has 0 fully saturated rings. The van der Waals surface area contributed by atoms with E-state index in [1.165, 1.54) is 17.7 Å². The van der Waals surface area contributed by atoms with Crippen LogP contribution in [0, 0.1) is 6.92 Å². The molecule has 0 aromatic carbocycles. The number of carbonyl (C=O) groups excluding carboxylic acids is 1. The van der Waals surface area contributed by atoms with Gasteiger partial charge in [-0.25, -0.2) is 4.98 Å². The van der Waals surface area contributed by atoms with E-state index in [0.29, 0.717) is 12.1 Å². The summed E-state index contributed by atoms with van der Waals surface area (Å²) >= 11 is 0. The van der Waals surface area contributed by atoms with Crippen LogP contribution < -0.4 is 10.3 Å². The molecule has 0 saturated heterocycles. The molecule has 0 bridgehead atoms. The summed E-state index contributed by atoms with van der Waals surface area (Å²) in [4.78, 5) is 27.4. The highest BCUT2D eigenvalue weighted by atomic mass is 16.5. The fraction of sp³-hybridized carbons (Fsp3) is 0.545. The molecule has 1 atom stereocenters. The van der Waals surface area contributed by atoms with E-state index in [1.54, 1.807) is 20.8 Å². The van der Waals surface area contributed by atoms with Gasteiger partial charge in [-0.3, -0.25) is 14.2 Å². The van der Waals surface area contributed by atoms with Crippen LogP contribution in [0.4, 0.5) is 0 Å². The van der Waals surface area contributed by atoms with Gasteiger partial charge in [0.2, 0.25) is 0 Å². The maximum Gasteiger partial charge on any atom is 0.299 e. The summed E-state index contributed by atoms with van der Waals surface area (Å²) in [5.41, 5.74) is 0.313. The Morgan fingerprint density at radius 1 is 1.62 bits per heavy atom. The zero-order chi connectivity index (χ0) is 12.3. The van der Waals surface area contributed by atoms with E-state index in [0.717, 1.165) is 0 Å². The second-order valence-corrected chi connectivity index (χ2v) is 3.59. The molecule has 0 amide bonds. The third kappa shape index (κ3) is 2.29. The van der Waals surface area contributed by atoms with Crippen molar-refractivity contribution >= 4 is 5.78 Å². The van der Waals surface area contributed by atoms with Gasteiger partial charge in [-0.1, -0.05) is 6.92 Å². The van der Waals surface area contributed by atoms with Gasteiger partial charge in [-0.05, 0) is 13.8 Å². The second-order valence-electron chi connectivity index (χ2n) is 3.59. The predicted octanol–water partition coefficient (Wildman–Crippen LogP) is 1.10. The minimum absolute atomic E-state index is 0.0222. The van der Waals surface area contributed by atoms with Crippen molar-refractivity contribution in [1.82, 2.24) is 9.55 Å². The molecule has 16 heavy (non-hydrogen) atoms. The molecule has 0 aliphatic rings. The van der Waals surface area contributed by atoms with Crippen molar-refractivity contribution in [3.63, 3.8) is 0 Å². The molecule has 0 saturated carbocycles. The van der Waals surface area contributed by atoms with E-state index in [9.17, 15) is 9.59 Å². The molecular formula is C11H16N2O3. The number of nitrogens with zero attached hydrogens (tertiary/aromatic N) is 2. The van der Waals surface area contributed by atoms with Crippen molar-refractivity contribution in [2.24, 2.45) is 0 Å². The Bertz CT molecular complexity index is 451. The molecule has 88 valence electrons. The average Bonchev–Trinajstić information content (AvgIpc) is 2.26. The normalized spacial score (nSPS) is 12.2. The molecular weight excluding hydrogens is 208 g/mol. The van der Waals surface area contributed by atoms with Crippen molar-refractivity contribution in [2.45, 2.75) is 33.2 Å². The van der Waals surface area contributed by atoms with Crippen molar-refractivity contribution in [3.05, 3.63) is 22.1 Å². The summed E-state index contributed by atoms with van der Waals surface area (Å²) in [6.45, 7) is 5.14. The van der Waals surface area contributed by atoms with Crippen LogP contribution in [0.2, 0.25) is 0 Å². The highest BCUT2D eigenvalue weighted by Gasteiger charge is 2.19. The lowest BCUT2D eigenvalue weighted by atomic mass is 10.1. The van der Waals surface area contributed by atoms with Crippen molar-refractivity contribution in [1.29, 1.82) is 0 Å². The zero-order valence-electron chi connectivity index (χ0n) is 9.98. The number of Topliss-reactive ketones (excluding diaryl/α,β-unsaturated/α-hetero) is 1. The molecule has 1 aromatic heterocycles. The lowest BCUT2D eigenvalue weighted by Crippen LogP contribution is -2.29. The maximum absolute atomic E-state index is 11.8. The molecule has 0 radical (unpaired) electrons. The number of ketones is 1. The number of rotatable bonds is 4. The average molecular weight is 224 g/mol. The highest BCUT2D eigenvalue weighted by molar-refractivity contribution is 5.82. The van der Waals surface area contributed by atoms with E-state index in [4.69, 9.17) is 4.74 Å². The Hall–Kier alpha value is -1.65. The van der Waals surface area contributed by atoms with Crippen molar-refractivity contribution in [3.8, 4) is 6.01 Å². The Balaban J connectivity index is 3.32. The highest BCUT2D eigenvalue weighted by Crippen LogP contribution is 2.14. The van der Waals surface area contributed by atoms with Crippen LogP contribution in [0.3, 0.4) is 0 Å². The van der Waals surface area contributed by atoms with Crippen LogP contribution in [-0.4, -0.2) is 22.4 Å². The summed E-state index contributed by atoms with van der Waals surface area (Å²) in [6.07, 6.45) is 0.380. The number of aromatic nitrogens is 2. The number of ether oxygens (including phenoxy) is 1. The third-order valence-corrected chi connectivity index (χ3v) is 2.43. The zero-order valence-corrected chi connectivity index (χ0v) is 9.98. The molecule has 0 aliphatic heterocycles. The fourth-order valence-corrected chi connectivity index (χ4v) is 1.52. The lowest BCUT2D eigenvalue weighted by molar-refractivity contribution is -0.121. The summed E-state index contributed by atoms with van der Waals surface area (Å²) in [7, 11) is 1.43. The molecule has 5 heteroatoms. The first-order chi connectivity index (χ1) is 7.51. The van der Waals surface area contributed by atoms with Gasteiger partial charge < -0.3 is 4.74 Å². The maximum atomic E-state index is 11.8. The van der Waals surface area contributed by atoms with Gasteiger partial charge >= 0.3 is 0 Å². The molecule has 0 N–H and O–H groups in total. The van der Waals surface area contributed by atoms with E-state index in [2.05, 4.69) is 4.98 Å². The van der Waals surface area contributed by atoms with Crippen LogP contribution in [0.1, 0.15) is 32.0 Å². The number of aryl methyl sites for hydroxylation is 1. The Morgan fingerprint density at radius 2 is 2.25 bits per heavy atom. The molecule has 0 spiro atoms. The molecule has 1 unspecified atom stereocenters. The van der Waals surface area contributed by atoms with Crippen LogP contribution in [0.25, 0.3) is 0 Å². The van der Waals surface area contributed by atoms with Gasteiger partial charge in [0, 0.05) is 18.2 Å². The Morgan fingerprint density at radius 3 is 2.75 bits per heavy atom. The van der Waals surface area contributed by atoms with Gasteiger partial charge in [0.25, 0.3) is 11.6 Å². The van der Waals surface area contributed by atoms with Gasteiger partial charge in [0.05, 0.1) is 13.2 Å². The van der Waals surface area contributed by atoms with Crippen LogP contribution >= 0.6 is 0 Å². The van der Waals surface area contributed by atoms with Crippen molar-refractivity contribution < 1.29 is 9.53 Å². The van der Waals surface area contributed by atoms with E-state index < -0.39 is 6.04 Å². The monoisotopic (exact) mass is 224 g/mol. The lowest BCUT2D eigenvalue weighted by Gasteiger charge is -2.16. The molecule has 1 heterocycles. The number of hydrogen-bond acceptors (Lipinski definition) is 4. The quantitative estimate of drug-likeness (QED) is 0.768. The standard InChI is InChI=1S/C11H16N2O3/c1-5-9(14)8(3)13-10(15)6-7(2)12-11(13)16-4/h6,8H,5H2,1-4H3. The SMILES string of the molecule is CCC(=O)C(C)n1c(OC)nc(C)cc1=O. The minimum Gasteiger partial charge on any atom is -0.468 e. The summed E-state index contributed by atoms with van der Waals surface area (Å²) in [5, 5.41) is 0. The van der Waals surface area contributed by atoms with E-state index in [-0.39, 0.29) is 17.4 Å². The van der Waals surface area contributed by atoms with E-state index >= 15 is 0 Å². The van der Waals surface area contributed by atoms with E-state index in [1.807, 2.05) is 0 Å². The second kappa shape index (κ2) is 4.92. The van der Waals surface area contributed by atoms with Crippen LogP contribution in [0.15, 0.2) is 10.9 Å². The number of carbonyl (C=O) groups is 1. The van der Waals surface area contributed by atoms with Gasteiger partial charge in [-0.2, -0.15) is 0 Å². The minimum atomic E-state index is -0.541. The summed E-state index contributed by atoms with van der Waals surface area (Å²) in [5.74, 6) is -0.0222. The first-order valence-corrected chi connectivity index (χ1v) is 5.18. The molecule has 0 aliphatic carbocycles. The molecule has 1 rings (SSSR count). The predicted molar refractivity (Wildman–Crippen MR) is 59.8 cm³/mol. The molecule has 1 aromatic rings. The fourth-order valence-electron chi connectivity index (χ4n) is 1.52. The summed E-state index contributed by atoms with van der Waals surface area (Å²) < 4.78 is 6.30. The number of hydrogen-bond donors (Lipinski definition) is 0.